The van der Waals surface area contributed by atoms with Crippen molar-refractivity contribution in [1.29, 1.82) is 0 Å². The Labute approximate surface area is 128 Å². The predicted molar refractivity (Wildman–Crippen MR) is 84.9 cm³/mol. The Morgan fingerprint density at radius 1 is 1.32 bits per heavy atom. The molecule has 1 amide bonds. The Morgan fingerprint density at radius 3 is 2.86 bits per heavy atom. The van der Waals surface area contributed by atoms with Gasteiger partial charge in [0.05, 0.1) is 6.54 Å². The average molecular weight is 297 g/mol. The molecule has 0 unspecified atom stereocenters. The highest BCUT2D eigenvalue weighted by molar-refractivity contribution is 6.01. The van der Waals surface area contributed by atoms with Crippen molar-refractivity contribution in [2.45, 2.75) is 27.3 Å². The lowest BCUT2D eigenvalue weighted by molar-refractivity contribution is 0.0947. The van der Waals surface area contributed by atoms with Crippen LogP contribution in [0, 0.1) is 20.8 Å². The van der Waals surface area contributed by atoms with E-state index in [4.69, 9.17) is 0 Å². The van der Waals surface area contributed by atoms with Crippen molar-refractivity contribution in [3.8, 4) is 0 Å². The third-order valence-corrected chi connectivity index (χ3v) is 3.83. The topological polar surface area (TPSA) is 75.6 Å². The molecular weight excluding hydrogens is 278 g/mol. The molecule has 2 aromatic heterocycles. The Kier molecular flexibility index (Phi) is 3.66. The summed E-state index contributed by atoms with van der Waals surface area (Å²) in [5.74, 6) is -0.0918. The monoisotopic (exact) mass is 297 g/mol. The smallest absolute Gasteiger partial charge is 0.268 e. The SMILES string of the molecule is Cc1cc(C)c2[nH]c(C(=O)NCCn3cncn3)c(C)c2c1. The van der Waals surface area contributed by atoms with E-state index in [9.17, 15) is 4.79 Å². The van der Waals surface area contributed by atoms with E-state index in [0.29, 0.717) is 18.8 Å². The van der Waals surface area contributed by atoms with Crippen molar-refractivity contribution in [2.24, 2.45) is 0 Å². The predicted octanol–water partition coefficient (Wildman–Crippen LogP) is 2.11. The van der Waals surface area contributed by atoms with Gasteiger partial charge in [-0.1, -0.05) is 11.6 Å². The summed E-state index contributed by atoms with van der Waals surface area (Å²) in [6.07, 6.45) is 3.11. The summed E-state index contributed by atoms with van der Waals surface area (Å²) in [6.45, 7) is 7.20. The molecule has 0 bridgehead atoms. The summed E-state index contributed by atoms with van der Waals surface area (Å²) in [6, 6.07) is 4.23. The normalized spacial score (nSPS) is 11.0. The van der Waals surface area contributed by atoms with Gasteiger partial charge in [-0.3, -0.25) is 9.48 Å². The van der Waals surface area contributed by atoms with E-state index in [1.54, 1.807) is 11.0 Å². The van der Waals surface area contributed by atoms with E-state index in [-0.39, 0.29) is 5.91 Å². The fourth-order valence-electron chi connectivity index (χ4n) is 2.73. The number of amides is 1. The van der Waals surface area contributed by atoms with Crippen LogP contribution in [0.5, 0.6) is 0 Å². The fraction of sp³-hybridized carbons (Fsp3) is 0.312. The first-order valence-corrected chi connectivity index (χ1v) is 7.26. The third kappa shape index (κ3) is 2.59. The van der Waals surface area contributed by atoms with Crippen molar-refractivity contribution < 1.29 is 4.79 Å². The van der Waals surface area contributed by atoms with Crippen LogP contribution in [-0.4, -0.2) is 32.2 Å². The average Bonchev–Trinajstić information content (AvgIpc) is 3.08. The quantitative estimate of drug-likeness (QED) is 0.774. The number of carbonyl (C=O) groups is 1. The molecule has 0 saturated heterocycles. The molecule has 0 saturated carbocycles. The molecule has 6 nitrogen and oxygen atoms in total. The Hall–Kier alpha value is -2.63. The Morgan fingerprint density at radius 2 is 2.14 bits per heavy atom. The summed E-state index contributed by atoms with van der Waals surface area (Å²) in [4.78, 5) is 19.5. The maximum absolute atomic E-state index is 12.4. The number of aromatic amines is 1. The zero-order valence-corrected chi connectivity index (χ0v) is 13.0. The second-order valence-corrected chi connectivity index (χ2v) is 5.54. The molecule has 22 heavy (non-hydrogen) atoms. The molecule has 1 aromatic carbocycles. The van der Waals surface area contributed by atoms with Gasteiger partial charge in [0, 0.05) is 17.4 Å². The number of hydrogen-bond acceptors (Lipinski definition) is 3. The van der Waals surface area contributed by atoms with Gasteiger partial charge in [-0.25, -0.2) is 4.98 Å². The minimum atomic E-state index is -0.0918. The van der Waals surface area contributed by atoms with Crippen LogP contribution in [0.2, 0.25) is 0 Å². The van der Waals surface area contributed by atoms with Crippen LogP contribution >= 0.6 is 0 Å². The van der Waals surface area contributed by atoms with Crippen LogP contribution in [0.3, 0.4) is 0 Å². The summed E-state index contributed by atoms with van der Waals surface area (Å²) < 4.78 is 1.69. The van der Waals surface area contributed by atoms with E-state index in [2.05, 4.69) is 46.4 Å². The first kappa shape index (κ1) is 14.3. The molecule has 6 heteroatoms. The molecule has 0 aliphatic heterocycles. The highest BCUT2D eigenvalue weighted by Gasteiger charge is 2.15. The number of nitrogens with one attached hydrogen (secondary N) is 2. The first-order valence-electron chi connectivity index (χ1n) is 7.26. The van der Waals surface area contributed by atoms with E-state index in [1.165, 1.54) is 11.9 Å². The number of fused-ring (bicyclic) bond motifs is 1. The van der Waals surface area contributed by atoms with Gasteiger partial charge in [-0.15, -0.1) is 0 Å². The second kappa shape index (κ2) is 5.63. The van der Waals surface area contributed by atoms with Crippen molar-refractivity contribution in [1.82, 2.24) is 25.1 Å². The van der Waals surface area contributed by atoms with Gasteiger partial charge in [0.2, 0.25) is 0 Å². The van der Waals surface area contributed by atoms with E-state index < -0.39 is 0 Å². The number of benzene rings is 1. The van der Waals surface area contributed by atoms with Crippen molar-refractivity contribution in [3.05, 3.63) is 47.2 Å². The molecule has 0 radical (unpaired) electrons. The van der Waals surface area contributed by atoms with Gasteiger partial charge in [0.1, 0.15) is 18.3 Å². The van der Waals surface area contributed by atoms with E-state index >= 15 is 0 Å². The van der Waals surface area contributed by atoms with Crippen LogP contribution in [0.4, 0.5) is 0 Å². The van der Waals surface area contributed by atoms with Gasteiger partial charge in [-0.2, -0.15) is 5.10 Å². The molecule has 114 valence electrons. The van der Waals surface area contributed by atoms with E-state index in [1.807, 2.05) is 6.92 Å². The number of H-pyrrole nitrogens is 1. The van der Waals surface area contributed by atoms with Gasteiger partial charge in [-0.05, 0) is 38.0 Å². The van der Waals surface area contributed by atoms with Crippen LogP contribution in [0.1, 0.15) is 27.2 Å². The molecule has 2 heterocycles. The molecule has 3 rings (SSSR count). The fourth-order valence-corrected chi connectivity index (χ4v) is 2.73. The Balaban J connectivity index is 1.79. The maximum atomic E-state index is 12.4. The molecular formula is C16H19N5O. The number of aromatic nitrogens is 4. The van der Waals surface area contributed by atoms with Gasteiger partial charge in [0.25, 0.3) is 5.91 Å². The summed E-state index contributed by atoms with van der Waals surface area (Å²) >= 11 is 0. The van der Waals surface area contributed by atoms with E-state index in [0.717, 1.165) is 22.0 Å². The summed E-state index contributed by atoms with van der Waals surface area (Å²) in [5.41, 5.74) is 5.00. The molecule has 0 fully saturated rings. The van der Waals surface area contributed by atoms with Crippen LogP contribution in [0.25, 0.3) is 10.9 Å². The maximum Gasteiger partial charge on any atom is 0.268 e. The van der Waals surface area contributed by atoms with Gasteiger partial charge in [0.15, 0.2) is 0 Å². The lowest BCUT2D eigenvalue weighted by atomic mass is 10.1. The number of aryl methyl sites for hydroxylation is 3. The van der Waals surface area contributed by atoms with Crippen LogP contribution in [-0.2, 0) is 6.54 Å². The summed E-state index contributed by atoms with van der Waals surface area (Å²) in [5, 5.41) is 8.03. The minimum Gasteiger partial charge on any atom is -0.350 e. The molecule has 0 aliphatic carbocycles. The zero-order valence-electron chi connectivity index (χ0n) is 13.0. The van der Waals surface area contributed by atoms with Crippen molar-refractivity contribution in [3.63, 3.8) is 0 Å². The standard InChI is InChI=1S/C16H19N5O/c1-10-6-11(2)14-13(7-10)12(3)15(20-14)16(22)18-4-5-21-9-17-8-19-21/h6-9,20H,4-5H2,1-3H3,(H,18,22). The molecule has 2 N–H and O–H groups in total. The van der Waals surface area contributed by atoms with Crippen LogP contribution in [0.15, 0.2) is 24.8 Å². The number of nitrogens with zero attached hydrogens (tertiary/aromatic N) is 3. The van der Waals surface area contributed by atoms with Crippen molar-refractivity contribution in [2.75, 3.05) is 6.54 Å². The number of rotatable bonds is 4. The van der Waals surface area contributed by atoms with Gasteiger partial charge >= 0.3 is 0 Å². The highest BCUT2D eigenvalue weighted by atomic mass is 16.1. The molecule has 3 aromatic rings. The lowest BCUT2D eigenvalue weighted by Gasteiger charge is -2.04. The summed E-state index contributed by atoms with van der Waals surface area (Å²) in [7, 11) is 0. The largest absolute Gasteiger partial charge is 0.350 e. The van der Waals surface area contributed by atoms with Crippen molar-refractivity contribution >= 4 is 16.8 Å². The zero-order chi connectivity index (χ0) is 15.7. The molecule has 0 spiro atoms. The molecule has 0 atom stereocenters. The van der Waals surface area contributed by atoms with Crippen LogP contribution < -0.4 is 5.32 Å². The van der Waals surface area contributed by atoms with Gasteiger partial charge < -0.3 is 10.3 Å². The second-order valence-electron chi connectivity index (χ2n) is 5.54. The Bertz CT molecular complexity index is 817. The molecule has 0 aliphatic rings. The number of carbonyl (C=O) groups excluding carboxylic acids is 1. The first-order chi connectivity index (χ1) is 10.6. The lowest BCUT2D eigenvalue weighted by Crippen LogP contribution is -2.28. The number of hydrogen-bond donors (Lipinski definition) is 2. The third-order valence-electron chi connectivity index (χ3n) is 3.83. The highest BCUT2D eigenvalue weighted by Crippen LogP contribution is 2.25. The minimum absolute atomic E-state index is 0.0918.